The van der Waals surface area contributed by atoms with Crippen molar-refractivity contribution in [2.24, 2.45) is 0 Å². The maximum atomic E-state index is 13.2. The number of thioether (sulfide) groups is 1. The molecular formula is C32H31N3O4S2. The third-order valence-corrected chi connectivity index (χ3v) is 8.82. The Balaban J connectivity index is 1.14. The van der Waals surface area contributed by atoms with Gasteiger partial charge in [0.05, 0.1) is 12.8 Å². The zero-order valence-corrected chi connectivity index (χ0v) is 24.4. The fourth-order valence-corrected chi connectivity index (χ4v) is 6.42. The molecule has 3 aromatic rings. The fourth-order valence-electron chi connectivity index (χ4n) is 4.88. The van der Waals surface area contributed by atoms with Gasteiger partial charge >= 0.3 is 0 Å². The lowest BCUT2D eigenvalue weighted by Crippen LogP contribution is -2.47. The molecule has 2 amide bonds. The lowest BCUT2D eigenvalue weighted by atomic mass is 10.1. The number of carbonyl (C=O) groups excluding carboxylic acids is 3. The lowest BCUT2D eigenvalue weighted by Gasteiger charge is -2.36. The van der Waals surface area contributed by atoms with E-state index in [1.54, 1.807) is 37.5 Å². The first-order valence-electron chi connectivity index (χ1n) is 13.5. The fraction of sp³-hybridized carbons (Fsp3) is 0.250. The van der Waals surface area contributed by atoms with Gasteiger partial charge in [0, 0.05) is 44.7 Å². The summed E-state index contributed by atoms with van der Waals surface area (Å²) in [7, 11) is 1.59. The predicted octanol–water partition coefficient (Wildman–Crippen LogP) is 5.06. The number of nitrogens with zero attached hydrogens (tertiary/aromatic N) is 3. The number of hydrogen-bond acceptors (Lipinski definition) is 7. The Kier molecular flexibility index (Phi) is 9.28. The highest BCUT2D eigenvalue weighted by Crippen LogP contribution is 2.32. The molecule has 210 valence electrons. The van der Waals surface area contributed by atoms with Crippen molar-refractivity contribution in [3.63, 3.8) is 0 Å². The average Bonchev–Trinajstić information content (AvgIpc) is 3.28. The first-order valence-corrected chi connectivity index (χ1v) is 14.8. The molecule has 2 aliphatic rings. The molecule has 0 aromatic heterocycles. The van der Waals surface area contributed by atoms with Crippen LogP contribution in [0.4, 0.5) is 5.69 Å². The van der Waals surface area contributed by atoms with Crippen LogP contribution in [0, 0.1) is 0 Å². The van der Waals surface area contributed by atoms with Gasteiger partial charge in [-0.05, 0) is 53.6 Å². The van der Waals surface area contributed by atoms with Crippen LogP contribution in [-0.2, 0) is 16.1 Å². The molecule has 0 bridgehead atoms. The number of rotatable bonds is 8. The van der Waals surface area contributed by atoms with E-state index in [9.17, 15) is 14.4 Å². The van der Waals surface area contributed by atoms with E-state index in [1.165, 1.54) is 28.3 Å². The van der Waals surface area contributed by atoms with Gasteiger partial charge in [0.1, 0.15) is 15.3 Å². The second-order valence-electron chi connectivity index (χ2n) is 9.91. The Hall–Kier alpha value is -3.79. The summed E-state index contributed by atoms with van der Waals surface area (Å²) in [6.45, 7) is 4.26. The first kappa shape index (κ1) is 28.7. The van der Waals surface area contributed by atoms with E-state index in [0.29, 0.717) is 21.3 Å². The van der Waals surface area contributed by atoms with Crippen molar-refractivity contribution < 1.29 is 19.1 Å². The third kappa shape index (κ3) is 7.11. The van der Waals surface area contributed by atoms with Crippen molar-refractivity contribution in [1.82, 2.24) is 9.80 Å². The smallest absolute Gasteiger partial charge is 0.247 e. The van der Waals surface area contributed by atoms with Gasteiger partial charge in [0.15, 0.2) is 5.78 Å². The second kappa shape index (κ2) is 13.2. The van der Waals surface area contributed by atoms with E-state index in [4.69, 9.17) is 17.0 Å². The standard InChI is InChI=1S/C32H31N3O4S2/c1-39-27-9-5-8-23(20-27)10-15-28(36)25-11-13-26(14-12-25)35-30(37)21-29(31(35)38)41-32(40)34-18-16-33(17-19-34)22-24-6-3-2-4-7-24/h2-15,20,29H,16-19,21-22H2,1H3/b15-10+. The van der Waals surface area contributed by atoms with Gasteiger partial charge in [-0.3, -0.25) is 19.3 Å². The van der Waals surface area contributed by atoms with Crippen molar-refractivity contribution in [2.45, 2.75) is 18.2 Å². The number of thiocarbonyl (C=S) groups is 1. The van der Waals surface area contributed by atoms with Gasteiger partial charge in [-0.25, -0.2) is 4.90 Å². The number of carbonyl (C=O) groups is 3. The summed E-state index contributed by atoms with van der Waals surface area (Å²) >= 11 is 6.98. The minimum Gasteiger partial charge on any atom is -0.497 e. The van der Waals surface area contributed by atoms with Crippen LogP contribution in [0.25, 0.3) is 6.08 Å². The van der Waals surface area contributed by atoms with Gasteiger partial charge in [0.2, 0.25) is 11.8 Å². The number of imide groups is 1. The number of ether oxygens (including phenoxy) is 1. The van der Waals surface area contributed by atoms with E-state index >= 15 is 0 Å². The molecule has 0 radical (unpaired) electrons. The zero-order valence-electron chi connectivity index (χ0n) is 22.8. The Bertz CT molecular complexity index is 1450. The Morgan fingerprint density at radius 2 is 1.71 bits per heavy atom. The molecule has 0 N–H and O–H groups in total. The summed E-state index contributed by atoms with van der Waals surface area (Å²) in [6, 6.07) is 24.3. The largest absolute Gasteiger partial charge is 0.497 e. The highest BCUT2D eigenvalue weighted by molar-refractivity contribution is 8.23. The summed E-state index contributed by atoms with van der Waals surface area (Å²) < 4.78 is 5.87. The Morgan fingerprint density at radius 1 is 0.976 bits per heavy atom. The normalized spacial score (nSPS) is 17.8. The monoisotopic (exact) mass is 585 g/mol. The van der Waals surface area contributed by atoms with E-state index < -0.39 is 5.25 Å². The van der Waals surface area contributed by atoms with Crippen LogP contribution in [0.2, 0.25) is 0 Å². The van der Waals surface area contributed by atoms with Crippen molar-refractivity contribution in [3.8, 4) is 5.75 Å². The molecule has 0 aliphatic carbocycles. The number of anilines is 1. The number of ketones is 1. The van der Waals surface area contributed by atoms with Gasteiger partial charge < -0.3 is 9.64 Å². The SMILES string of the molecule is COc1cccc(/C=C/C(=O)c2ccc(N3C(=O)CC(SC(=S)N4CCN(Cc5ccccc5)CC4)C3=O)cc2)c1. The van der Waals surface area contributed by atoms with Crippen LogP contribution in [0.15, 0.2) is 84.9 Å². The van der Waals surface area contributed by atoms with Crippen LogP contribution in [0.3, 0.4) is 0 Å². The average molecular weight is 586 g/mol. The molecule has 0 saturated carbocycles. The molecule has 2 saturated heterocycles. The summed E-state index contributed by atoms with van der Waals surface area (Å²) in [5.41, 5.74) is 3.05. The predicted molar refractivity (Wildman–Crippen MR) is 167 cm³/mol. The van der Waals surface area contributed by atoms with E-state index in [2.05, 4.69) is 34.1 Å². The maximum absolute atomic E-state index is 13.2. The quantitative estimate of drug-likeness (QED) is 0.157. The molecule has 2 fully saturated rings. The van der Waals surface area contributed by atoms with Gasteiger partial charge in [0.25, 0.3) is 0 Å². The zero-order chi connectivity index (χ0) is 28.8. The number of amides is 2. The van der Waals surface area contributed by atoms with E-state index in [1.807, 2.05) is 30.3 Å². The number of allylic oxidation sites excluding steroid dienone is 1. The van der Waals surface area contributed by atoms with Gasteiger partial charge in [-0.2, -0.15) is 0 Å². The molecular weight excluding hydrogens is 555 g/mol. The molecule has 0 spiro atoms. The van der Waals surface area contributed by atoms with Crippen LogP contribution in [0.5, 0.6) is 5.75 Å². The minimum atomic E-state index is -0.551. The number of methoxy groups -OCH3 is 1. The summed E-state index contributed by atoms with van der Waals surface area (Å²) in [5, 5.41) is -0.551. The highest BCUT2D eigenvalue weighted by atomic mass is 32.2. The van der Waals surface area contributed by atoms with Crippen LogP contribution in [-0.4, -0.2) is 70.3 Å². The Labute approximate surface area is 249 Å². The number of piperazine rings is 1. The van der Waals surface area contributed by atoms with Crippen LogP contribution < -0.4 is 9.64 Å². The molecule has 1 unspecified atom stereocenters. The van der Waals surface area contributed by atoms with Gasteiger partial charge in [-0.15, -0.1) is 0 Å². The van der Waals surface area contributed by atoms with Crippen LogP contribution in [0.1, 0.15) is 27.9 Å². The molecule has 2 heterocycles. The summed E-state index contributed by atoms with van der Waals surface area (Å²) in [6.07, 6.45) is 3.31. The molecule has 3 aromatic carbocycles. The molecule has 9 heteroatoms. The van der Waals surface area contributed by atoms with Crippen molar-refractivity contribution in [3.05, 3.63) is 102 Å². The lowest BCUT2D eigenvalue weighted by molar-refractivity contribution is -0.121. The summed E-state index contributed by atoms with van der Waals surface area (Å²) in [5.74, 6) is -0.00864. The van der Waals surface area contributed by atoms with Gasteiger partial charge in [-0.1, -0.05) is 72.5 Å². The van der Waals surface area contributed by atoms with E-state index in [-0.39, 0.29) is 24.0 Å². The molecule has 5 rings (SSSR count). The molecule has 1 atom stereocenters. The maximum Gasteiger partial charge on any atom is 0.247 e. The van der Waals surface area contributed by atoms with Crippen molar-refractivity contribution >= 4 is 57.7 Å². The highest BCUT2D eigenvalue weighted by Gasteiger charge is 2.41. The molecule has 41 heavy (non-hydrogen) atoms. The van der Waals surface area contributed by atoms with E-state index in [0.717, 1.165) is 38.3 Å². The molecule has 2 aliphatic heterocycles. The van der Waals surface area contributed by atoms with Crippen LogP contribution >= 0.6 is 24.0 Å². The van der Waals surface area contributed by atoms with Crippen molar-refractivity contribution in [2.75, 3.05) is 38.2 Å². The number of hydrogen-bond donors (Lipinski definition) is 0. The first-order chi connectivity index (χ1) is 19.9. The van der Waals surface area contributed by atoms with Crippen molar-refractivity contribution in [1.29, 1.82) is 0 Å². The second-order valence-corrected chi connectivity index (χ2v) is 11.8. The topological polar surface area (TPSA) is 70.2 Å². The summed E-state index contributed by atoms with van der Waals surface area (Å²) in [4.78, 5) is 44.5. The number of benzene rings is 3. The Morgan fingerprint density at radius 3 is 2.41 bits per heavy atom. The third-order valence-electron chi connectivity index (χ3n) is 7.16. The minimum absolute atomic E-state index is 0.0988. The molecule has 7 nitrogen and oxygen atoms in total.